The average molecular weight is 259 g/mol. The molecular weight excluding hydrogens is 234 g/mol. The van der Waals surface area contributed by atoms with Gasteiger partial charge in [-0.05, 0) is 37.9 Å². The van der Waals surface area contributed by atoms with Gasteiger partial charge in [0, 0.05) is 32.8 Å². The normalized spacial score (nSPS) is 29.1. The Labute approximate surface area is 110 Å². The van der Waals surface area contributed by atoms with Crippen molar-refractivity contribution in [1.82, 2.24) is 4.90 Å². The van der Waals surface area contributed by atoms with E-state index in [0.717, 1.165) is 58.0 Å². The Bertz CT molecular complexity index is 252. The van der Waals surface area contributed by atoms with Crippen molar-refractivity contribution in [3.05, 3.63) is 0 Å². The molecule has 2 fully saturated rings. The van der Waals surface area contributed by atoms with Gasteiger partial charge in [-0.1, -0.05) is 0 Å². The average Bonchev–Trinajstić information content (AvgIpc) is 2.29. The van der Waals surface area contributed by atoms with Crippen LogP contribution in [0.25, 0.3) is 0 Å². The largest absolute Gasteiger partial charge is 0.381 e. The third kappa shape index (κ3) is 3.60. The Morgan fingerprint density at radius 1 is 1.18 bits per heavy atom. The van der Waals surface area contributed by atoms with Crippen molar-refractivity contribution < 1.29 is 9.47 Å². The van der Waals surface area contributed by atoms with E-state index in [1.807, 2.05) is 0 Å². The van der Waals surface area contributed by atoms with Crippen LogP contribution in [0.4, 0.5) is 0 Å². The standard InChI is InChI=1S/C13H25NO2S/c1-12(2)9-14(5-8-16-12)10-13(11-17)3-6-15-7-4-13/h17H,3-11H2,1-2H3. The molecule has 0 aromatic heterocycles. The number of nitrogens with zero attached hydrogens (tertiary/aromatic N) is 1. The van der Waals surface area contributed by atoms with Gasteiger partial charge >= 0.3 is 0 Å². The van der Waals surface area contributed by atoms with Crippen LogP contribution in [0.2, 0.25) is 0 Å². The number of thiol groups is 1. The van der Waals surface area contributed by atoms with E-state index < -0.39 is 0 Å². The van der Waals surface area contributed by atoms with Gasteiger partial charge in [-0.25, -0.2) is 0 Å². The smallest absolute Gasteiger partial charge is 0.0753 e. The molecule has 100 valence electrons. The topological polar surface area (TPSA) is 21.7 Å². The summed E-state index contributed by atoms with van der Waals surface area (Å²) in [5, 5.41) is 0. The summed E-state index contributed by atoms with van der Waals surface area (Å²) >= 11 is 4.58. The quantitative estimate of drug-likeness (QED) is 0.782. The van der Waals surface area contributed by atoms with Gasteiger partial charge in [0.05, 0.1) is 12.2 Å². The van der Waals surface area contributed by atoms with Crippen LogP contribution in [0.5, 0.6) is 0 Å². The first-order valence-corrected chi connectivity index (χ1v) is 7.24. The second-order valence-electron chi connectivity index (χ2n) is 6.09. The van der Waals surface area contributed by atoms with Crippen LogP contribution in [0, 0.1) is 5.41 Å². The molecule has 0 radical (unpaired) electrons. The highest BCUT2D eigenvalue weighted by molar-refractivity contribution is 7.80. The van der Waals surface area contributed by atoms with Crippen molar-refractivity contribution in [3.63, 3.8) is 0 Å². The van der Waals surface area contributed by atoms with Crippen molar-refractivity contribution in [2.75, 3.05) is 45.2 Å². The minimum atomic E-state index is 0.00120. The van der Waals surface area contributed by atoms with E-state index in [4.69, 9.17) is 9.47 Å². The van der Waals surface area contributed by atoms with Crippen LogP contribution in [0.15, 0.2) is 0 Å². The lowest BCUT2D eigenvalue weighted by Gasteiger charge is -2.44. The van der Waals surface area contributed by atoms with Crippen LogP contribution in [-0.2, 0) is 9.47 Å². The number of morpholine rings is 1. The minimum Gasteiger partial charge on any atom is -0.381 e. The molecule has 2 heterocycles. The van der Waals surface area contributed by atoms with Crippen LogP contribution < -0.4 is 0 Å². The van der Waals surface area contributed by atoms with E-state index in [1.54, 1.807) is 0 Å². The molecule has 0 N–H and O–H groups in total. The van der Waals surface area contributed by atoms with E-state index >= 15 is 0 Å². The monoisotopic (exact) mass is 259 g/mol. The number of rotatable bonds is 3. The Kier molecular flexibility index (Phi) is 4.40. The van der Waals surface area contributed by atoms with Gasteiger partial charge in [0.1, 0.15) is 0 Å². The first-order valence-electron chi connectivity index (χ1n) is 6.60. The van der Waals surface area contributed by atoms with Gasteiger partial charge in [0.25, 0.3) is 0 Å². The first kappa shape index (κ1) is 13.7. The summed E-state index contributed by atoms with van der Waals surface area (Å²) in [7, 11) is 0. The van der Waals surface area contributed by atoms with E-state index in [9.17, 15) is 0 Å². The minimum absolute atomic E-state index is 0.00120. The zero-order valence-corrected chi connectivity index (χ0v) is 12.0. The number of ether oxygens (including phenoxy) is 2. The van der Waals surface area contributed by atoms with Crippen molar-refractivity contribution in [1.29, 1.82) is 0 Å². The summed E-state index contributed by atoms with van der Waals surface area (Å²) in [4.78, 5) is 2.55. The van der Waals surface area contributed by atoms with Crippen LogP contribution in [0.1, 0.15) is 26.7 Å². The molecule has 0 atom stereocenters. The molecule has 0 aliphatic carbocycles. The van der Waals surface area contributed by atoms with Crippen LogP contribution in [-0.4, -0.2) is 55.7 Å². The summed E-state index contributed by atoms with van der Waals surface area (Å²) in [5.74, 6) is 0.966. The van der Waals surface area contributed by atoms with E-state index in [-0.39, 0.29) is 5.60 Å². The molecule has 2 aliphatic heterocycles. The fourth-order valence-electron chi connectivity index (χ4n) is 2.89. The molecule has 0 saturated carbocycles. The third-order valence-electron chi connectivity index (χ3n) is 3.95. The van der Waals surface area contributed by atoms with Gasteiger partial charge in [-0.15, -0.1) is 0 Å². The maximum atomic E-state index is 5.77. The lowest BCUT2D eigenvalue weighted by molar-refractivity contribution is -0.0994. The third-order valence-corrected chi connectivity index (χ3v) is 4.62. The molecule has 0 spiro atoms. The molecule has 2 aliphatic rings. The van der Waals surface area contributed by atoms with Crippen LogP contribution in [0.3, 0.4) is 0 Å². The Morgan fingerprint density at radius 3 is 2.47 bits per heavy atom. The predicted octanol–water partition coefficient (Wildman–Crippen LogP) is 1.82. The second-order valence-corrected chi connectivity index (χ2v) is 6.41. The Morgan fingerprint density at radius 2 is 1.88 bits per heavy atom. The molecule has 2 rings (SSSR count). The molecule has 3 nitrogen and oxygen atoms in total. The fraction of sp³-hybridized carbons (Fsp3) is 1.00. The van der Waals surface area contributed by atoms with Gasteiger partial charge in [-0.2, -0.15) is 12.6 Å². The molecule has 0 amide bonds. The van der Waals surface area contributed by atoms with Crippen molar-refractivity contribution in [2.24, 2.45) is 5.41 Å². The van der Waals surface area contributed by atoms with Gasteiger partial charge < -0.3 is 9.47 Å². The molecular formula is C13H25NO2S. The summed E-state index contributed by atoms with van der Waals surface area (Å²) in [6.45, 7) is 10.2. The molecule has 4 heteroatoms. The SMILES string of the molecule is CC1(C)CN(CC2(CS)CCOCC2)CCO1. The lowest BCUT2D eigenvalue weighted by Crippen LogP contribution is -2.52. The Balaban J connectivity index is 1.93. The molecule has 0 aromatic carbocycles. The van der Waals surface area contributed by atoms with E-state index in [0.29, 0.717) is 5.41 Å². The lowest BCUT2D eigenvalue weighted by atomic mass is 9.81. The highest BCUT2D eigenvalue weighted by atomic mass is 32.1. The van der Waals surface area contributed by atoms with Crippen molar-refractivity contribution >= 4 is 12.6 Å². The van der Waals surface area contributed by atoms with E-state index in [2.05, 4.69) is 31.4 Å². The summed E-state index contributed by atoms with van der Waals surface area (Å²) in [6, 6.07) is 0. The summed E-state index contributed by atoms with van der Waals surface area (Å²) < 4.78 is 11.2. The van der Waals surface area contributed by atoms with Gasteiger partial charge in [-0.3, -0.25) is 4.90 Å². The maximum Gasteiger partial charge on any atom is 0.0753 e. The zero-order chi connectivity index (χ0) is 12.4. The van der Waals surface area contributed by atoms with Crippen molar-refractivity contribution in [2.45, 2.75) is 32.3 Å². The molecule has 0 unspecified atom stereocenters. The second kappa shape index (κ2) is 5.47. The zero-order valence-electron chi connectivity index (χ0n) is 11.1. The van der Waals surface area contributed by atoms with E-state index in [1.165, 1.54) is 0 Å². The highest BCUT2D eigenvalue weighted by Gasteiger charge is 2.36. The molecule has 0 aromatic rings. The Hall–Kier alpha value is 0.230. The van der Waals surface area contributed by atoms with Crippen LogP contribution >= 0.6 is 12.6 Å². The summed E-state index contributed by atoms with van der Waals surface area (Å²) in [6.07, 6.45) is 2.29. The molecule has 0 bridgehead atoms. The van der Waals surface area contributed by atoms with Gasteiger partial charge in [0.2, 0.25) is 0 Å². The van der Waals surface area contributed by atoms with Crippen molar-refractivity contribution in [3.8, 4) is 0 Å². The summed E-state index contributed by atoms with van der Waals surface area (Å²) in [5.41, 5.74) is 0.357. The number of hydrogen-bond donors (Lipinski definition) is 1. The van der Waals surface area contributed by atoms with Gasteiger partial charge in [0.15, 0.2) is 0 Å². The first-order chi connectivity index (χ1) is 8.05. The fourth-order valence-corrected chi connectivity index (χ4v) is 3.31. The highest BCUT2D eigenvalue weighted by Crippen LogP contribution is 2.33. The maximum absolute atomic E-state index is 5.77. The number of hydrogen-bond acceptors (Lipinski definition) is 4. The predicted molar refractivity (Wildman–Crippen MR) is 72.8 cm³/mol. The molecule has 17 heavy (non-hydrogen) atoms. The molecule has 2 saturated heterocycles.